The Hall–Kier alpha value is -1.85. The molecule has 4 aliphatic carbocycles. The molecule has 1 aliphatic heterocycles. The van der Waals surface area contributed by atoms with Crippen molar-refractivity contribution in [1.82, 2.24) is 4.90 Å². The van der Waals surface area contributed by atoms with Crippen molar-refractivity contribution in [3.63, 3.8) is 0 Å². The first-order valence-corrected chi connectivity index (χ1v) is 10.0. The molecule has 2 bridgehead atoms. The first-order chi connectivity index (χ1) is 13.0. The summed E-state index contributed by atoms with van der Waals surface area (Å²) < 4.78 is 0. The van der Waals surface area contributed by atoms with Crippen molar-refractivity contribution < 1.29 is 14.4 Å². The number of carbonyl (C=O) groups excluding carboxylic acids is 3. The number of allylic oxidation sites excluding steroid dienone is 2. The number of hydrogen-bond donors (Lipinski definition) is 1. The molecule has 0 radical (unpaired) electrons. The van der Waals surface area contributed by atoms with E-state index >= 15 is 0 Å². The molecule has 1 aromatic rings. The van der Waals surface area contributed by atoms with Crippen LogP contribution in [0.5, 0.6) is 0 Å². The molecule has 0 spiro atoms. The van der Waals surface area contributed by atoms with Gasteiger partial charge in [0.25, 0.3) is 0 Å². The van der Waals surface area contributed by atoms with E-state index in [1.54, 1.807) is 18.2 Å². The van der Waals surface area contributed by atoms with Crippen molar-refractivity contribution in [2.45, 2.75) is 12.8 Å². The van der Waals surface area contributed by atoms with Crippen LogP contribution < -0.4 is 5.32 Å². The lowest BCUT2D eigenvalue weighted by Crippen LogP contribution is -2.40. The van der Waals surface area contributed by atoms with Crippen molar-refractivity contribution in [3.05, 3.63) is 40.4 Å². The average molecular weight is 405 g/mol. The van der Waals surface area contributed by atoms with Crippen LogP contribution in [0.25, 0.3) is 0 Å². The summed E-state index contributed by atoms with van der Waals surface area (Å²) in [6.45, 7) is 0.101. The van der Waals surface area contributed by atoms with Gasteiger partial charge in [0.2, 0.25) is 17.7 Å². The van der Waals surface area contributed by atoms with Crippen LogP contribution in [-0.4, -0.2) is 29.2 Å². The fourth-order valence-corrected chi connectivity index (χ4v) is 5.61. The Kier molecular flexibility index (Phi) is 3.89. The molecule has 1 heterocycles. The molecule has 0 aromatic heterocycles. The normalized spacial score (nSPS) is 35.3. The summed E-state index contributed by atoms with van der Waals surface area (Å²) in [6, 6.07) is 4.98. The highest BCUT2D eigenvalue weighted by Gasteiger charge is 2.66. The van der Waals surface area contributed by atoms with E-state index in [2.05, 4.69) is 17.5 Å². The molecule has 5 aliphatic rings. The van der Waals surface area contributed by atoms with E-state index in [1.165, 1.54) is 4.90 Å². The Labute approximate surface area is 166 Å². The van der Waals surface area contributed by atoms with Gasteiger partial charge in [0, 0.05) is 13.0 Å². The Morgan fingerprint density at radius 1 is 1.07 bits per heavy atom. The number of halogens is 2. The number of hydrogen-bond acceptors (Lipinski definition) is 3. The van der Waals surface area contributed by atoms with Crippen molar-refractivity contribution in [3.8, 4) is 0 Å². The predicted octanol–water partition coefficient (Wildman–Crippen LogP) is 3.38. The Bertz CT molecular complexity index is 863. The van der Waals surface area contributed by atoms with Crippen LogP contribution in [0.3, 0.4) is 0 Å². The van der Waals surface area contributed by atoms with E-state index in [0.717, 1.165) is 6.42 Å². The zero-order valence-corrected chi connectivity index (χ0v) is 15.9. The summed E-state index contributed by atoms with van der Waals surface area (Å²) in [5.74, 6) is 0.585. The fraction of sp³-hybridized carbons (Fsp3) is 0.450. The number of nitrogens with zero attached hydrogens (tertiary/aromatic N) is 1. The largest absolute Gasteiger partial charge is 0.325 e. The predicted molar refractivity (Wildman–Crippen MR) is 101 cm³/mol. The SMILES string of the molecule is O=C(CCN1C(=O)C2C3C=CC(C4CC34)C2C1=O)Nc1cccc(Cl)c1Cl. The van der Waals surface area contributed by atoms with E-state index < -0.39 is 0 Å². The minimum absolute atomic E-state index is 0.0371. The quantitative estimate of drug-likeness (QED) is 0.617. The maximum absolute atomic E-state index is 12.9. The fourth-order valence-electron chi connectivity index (χ4n) is 5.27. The highest BCUT2D eigenvalue weighted by molar-refractivity contribution is 6.44. The second-order valence-electron chi connectivity index (χ2n) is 7.88. The second-order valence-corrected chi connectivity index (χ2v) is 8.67. The van der Waals surface area contributed by atoms with E-state index in [-0.39, 0.29) is 59.4 Å². The van der Waals surface area contributed by atoms with Gasteiger partial charge in [-0.15, -0.1) is 0 Å². The molecule has 27 heavy (non-hydrogen) atoms. The zero-order chi connectivity index (χ0) is 18.9. The summed E-state index contributed by atoms with van der Waals surface area (Å²) >= 11 is 12.0. The number of nitrogens with one attached hydrogen (secondary N) is 1. The maximum atomic E-state index is 12.9. The number of carbonyl (C=O) groups is 3. The van der Waals surface area contributed by atoms with Crippen LogP contribution in [0, 0.1) is 35.5 Å². The molecule has 1 aromatic carbocycles. The van der Waals surface area contributed by atoms with Crippen molar-refractivity contribution in [2.75, 3.05) is 11.9 Å². The number of anilines is 1. The summed E-state index contributed by atoms with van der Waals surface area (Å²) in [7, 11) is 0. The van der Waals surface area contributed by atoms with Gasteiger partial charge in [-0.1, -0.05) is 41.4 Å². The van der Waals surface area contributed by atoms with Crippen molar-refractivity contribution in [1.29, 1.82) is 0 Å². The van der Waals surface area contributed by atoms with Gasteiger partial charge in [0.1, 0.15) is 0 Å². The lowest BCUT2D eigenvalue weighted by molar-refractivity contribution is -0.140. The third-order valence-electron chi connectivity index (χ3n) is 6.54. The van der Waals surface area contributed by atoms with Crippen LogP contribution in [0.2, 0.25) is 10.0 Å². The van der Waals surface area contributed by atoms with Crippen molar-refractivity contribution >= 4 is 46.6 Å². The molecule has 140 valence electrons. The Morgan fingerprint density at radius 3 is 2.33 bits per heavy atom. The molecule has 3 amide bonds. The smallest absolute Gasteiger partial charge is 0.233 e. The summed E-state index contributed by atoms with van der Waals surface area (Å²) in [5, 5.41) is 3.32. The maximum Gasteiger partial charge on any atom is 0.233 e. The summed E-state index contributed by atoms with van der Waals surface area (Å²) in [6.07, 6.45) is 5.46. The monoisotopic (exact) mass is 404 g/mol. The van der Waals surface area contributed by atoms with E-state index in [1.807, 2.05) is 0 Å². The summed E-state index contributed by atoms with van der Waals surface area (Å²) in [4.78, 5) is 39.3. The van der Waals surface area contributed by atoms with Crippen molar-refractivity contribution in [2.24, 2.45) is 35.5 Å². The van der Waals surface area contributed by atoms with Crippen LogP contribution in [0.4, 0.5) is 5.69 Å². The van der Waals surface area contributed by atoms with Gasteiger partial charge in [0.15, 0.2) is 0 Å². The summed E-state index contributed by atoms with van der Waals surface area (Å²) in [5.41, 5.74) is 0.421. The number of imide groups is 1. The minimum Gasteiger partial charge on any atom is -0.325 e. The molecule has 6 rings (SSSR count). The van der Waals surface area contributed by atoms with Crippen LogP contribution in [0.15, 0.2) is 30.4 Å². The molecule has 1 N–H and O–H groups in total. The van der Waals surface area contributed by atoms with Crippen LogP contribution >= 0.6 is 23.2 Å². The average Bonchev–Trinajstić information content (AvgIpc) is 3.43. The van der Waals surface area contributed by atoms with Crippen LogP contribution in [0.1, 0.15) is 12.8 Å². The Balaban J connectivity index is 1.26. The highest BCUT2D eigenvalue weighted by atomic mass is 35.5. The molecule has 6 atom stereocenters. The van der Waals surface area contributed by atoms with E-state index in [9.17, 15) is 14.4 Å². The third kappa shape index (κ3) is 2.55. The molecule has 3 fully saturated rings. The first-order valence-electron chi connectivity index (χ1n) is 9.25. The van der Waals surface area contributed by atoms with Gasteiger partial charge in [-0.3, -0.25) is 19.3 Å². The lowest BCUT2D eigenvalue weighted by atomic mass is 9.63. The van der Waals surface area contributed by atoms with Gasteiger partial charge in [0.05, 0.1) is 27.6 Å². The molecular formula is C20H18Cl2N2O3. The van der Waals surface area contributed by atoms with E-state index in [0.29, 0.717) is 22.5 Å². The molecule has 7 heteroatoms. The molecular weight excluding hydrogens is 387 g/mol. The number of rotatable bonds is 4. The van der Waals surface area contributed by atoms with Gasteiger partial charge in [-0.05, 0) is 42.2 Å². The van der Waals surface area contributed by atoms with Gasteiger partial charge in [-0.25, -0.2) is 0 Å². The molecule has 6 unspecified atom stereocenters. The lowest BCUT2D eigenvalue weighted by Gasteiger charge is -2.37. The number of benzene rings is 1. The molecule has 2 saturated carbocycles. The number of amides is 3. The Morgan fingerprint density at radius 2 is 1.70 bits per heavy atom. The third-order valence-corrected chi connectivity index (χ3v) is 7.36. The minimum atomic E-state index is -0.307. The van der Waals surface area contributed by atoms with Gasteiger partial charge < -0.3 is 5.32 Å². The standard InChI is InChI=1S/C20H18Cl2N2O3/c21-13-2-1-3-14(18(13)22)23-15(25)6-7-24-19(26)16-9-4-5-10(12-8-11(9)12)17(16)20(24)27/h1-5,9-12,16-17H,6-8H2,(H,23,25). The molecule has 1 saturated heterocycles. The number of likely N-dealkylation sites (tertiary alicyclic amines) is 1. The zero-order valence-electron chi connectivity index (χ0n) is 14.4. The van der Waals surface area contributed by atoms with Gasteiger partial charge >= 0.3 is 0 Å². The van der Waals surface area contributed by atoms with Crippen LogP contribution in [-0.2, 0) is 14.4 Å². The van der Waals surface area contributed by atoms with Gasteiger partial charge in [-0.2, -0.15) is 0 Å². The first kappa shape index (κ1) is 17.3. The highest BCUT2D eigenvalue weighted by Crippen LogP contribution is 2.65. The molecule has 5 nitrogen and oxygen atoms in total. The van der Waals surface area contributed by atoms with E-state index in [4.69, 9.17) is 23.2 Å². The second kappa shape index (κ2) is 6.08. The topological polar surface area (TPSA) is 66.5 Å².